The number of hydrogen-bond acceptors (Lipinski definition) is 24. The van der Waals surface area contributed by atoms with Crippen LogP contribution in [0.3, 0.4) is 0 Å². The van der Waals surface area contributed by atoms with Crippen LogP contribution in [0.2, 0.25) is 103 Å². The maximum atomic E-state index is 12.5. The molecule has 1 unspecified atom stereocenters. The van der Waals surface area contributed by atoms with E-state index in [1.54, 1.807) is 55.3 Å². The zero-order chi connectivity index (χ0) is 91.3. The van der Waals surface area contributed by atoms with Gasteiger partial charge < -0.3 is 75.8 Å². The fourth-order valence-corrected chi connectivity index (χ4v) is 19.2. The number of hydrogen-bond donors (Lipinski definition) is 1. The van der Waals surface area contributed by atoms with Crippen LogP contribution >= 0.6 is 7.60 Å². The van der Waals surface area contributed by atoms with Crippen molar-refractivity contribution in [3.8, 4) is 46.0 Å². The second kappa shape index (κ2) is 45.4. The number of esters is 4. The Morgan fingerprint density at radius 3 is 0.984 bits per heavy atom. The summed E-state index contributed by atoms with van der Waals surface area (Å²) in [6.07, 6.45) is 15.5. The summed E-state index contributed by atoms with van der Waals surface area (Å²) in [5.41, 5.74) is 13.6. The Morgan fingerprint density at radius 2 is 0.754 bits per heavy atom. The monoisotopic (exact) mass is 1780 g/mol. The molecular formula is C93H135O24PSi4. The minimum absolute atomic E-state index is 0.0625. The molecule has 122 heavy (non-hydrogen) atoms. The summed E-state index contributed by atoms with van der Waals surface area (Å²) in [5.74, 6) is 4.13. The van der Waals surface area contributed by atoms with E-state index in [1.807, 2.05) is 33.8 Å². The fourth-order valence-electron chi connectivity index (χ4n) is 14.5. The highest BCUT2D eigenvalue weighted by Crippen LogP contribution is 2.54. The molecule has 4 aromatic carbocycles. The second-order valence-corrected chi connectivity index (χ2v) is 60.6. The molecule has 0 spiro atoms. The molecule has 2 aliphatic carbocycles. The van der Waals surface area contributed by atoms with Gasteiger partial charge in [0.2, 0.25) is 0 Å². The number of ether oxygens (including phenoxy) is 12. The molecule has 29 heteroatoms. The van der Waals surface area contributed by atoms with Gasteiger partial charge in [-0.15, -0.1) is 6.58 Å². The SMILES string of the molecule is C=C/C(=C\Cc1c(OC)c(C)c2c(c1OCC[Si](C)(C)C)C(=O)OC2)C(C)=O.C=CC(C(C)=O)P(=O)(OCC)OCC.COc1c(C)c2c(c(OCC[Si](C)(C)C)c1C/C=C(/C(C)=O)C1CC1)C(=O)OC2.COc1c(C)c2c(c(OCC[Si](C)(C)C)c1C/C=C(/CO)C1CC1)C(=O)OC2.COc1c(C)c2c(c(OCC[Si](C)(C)C)c1CC=O)C(=O)OC2. The van der Waals surface area contributed by atoms with Crippen molar-refractivity contribution in [1.82, 2.24) is 0 Å². The number of Topliss-reactive ketones (excluding diaryl/α,β-unsaturated/α-hetero) is 3. The molecule has 1 atom stereocenters. The lowest BCUT2D eigenvalue weighted by Crippen LogP contribution is -2.23. The number of fused-ring (bicyclic) bond motifs is 4. The molecule has 4 heterocycles. The van der Waals surface area contributed by atoms with Gasteiger partial charge in [0.25, 0.3) is 0 Å². The molecular weight excluding hydrogens is 1640 g/mol. The van der Waals surface area contributed by atoms with Crippen molar-refractivity contribution in [1.29, 1.82) is 0 Å². The minimum atomic E-state index is -3.35. The molecule has 24 nitrogen and oxygen atoms in total. The maximum Gasteiger partial charge on any atom is 0.344 e. The van der Waals surface area contributed by atoms with Crippen molar-refractivity contribution in [3.63, 3.8) is 0 Å². The summed E-state index contributed by atoms with van der Waals surface area (Å²) < 4.78 is 90.4. The number of ketones is 3. The Bertz CT molecular complexity index is 4660. The second-order valence-electron chi connectivity index (χ2n) is 36.0. The van der Waals surface area contributed by atoms with Gasteiger partial charge in [-0.3, -0.25) is 18.9 Å². The number of methoxy groups -OCH3 is 4. The van der Waals surface area contributed by atoms with E-state index in [0.29, 0.717) is 125 Å². The molecule has 4 aliphatic heterocycles. The summed E-state index contributed by atoms with van der Waals surface area (Å²) in [7, 11) is -2.03. The van der Waals surface area contributed by atoms with Crippen molar-refractivity contribution in [2.75, 3.05) is 74.7 Å². The van der Waals surface area contributed by atoms with Crippen molar-refractivity contribution < 1.29 is 114 Å². The normalized spacial score (nSPS) is 15.0. The third kappa shape index (κ3) is 27.3. The van der Waals surface area contributed by atoms with Gasteiger partial charge in [-0.05, 0) is 177 Å². The van der Waals surface area contributed by atoms with E-state index in [0.717, 1.165) is 140 Å². The van der Waals surface area contributed by atoms with Crippen LogP contribution in [0, 0.1) is 39.5 Å². The first-order valence-corrected chi connectivity index (χ1v) is 58.6. The van der Waals surface area contributed by atoms with Crippen molar-refractivity contribution >= 4 is 87.4 Å². The first kappa shape index (κ1) is 102. The number of allylic oxidation sites excluding steroid dienone is 7. The summed E-state index contributed by atoms with van der Waals surface area (Å²) in [6, 6.07) is 3.93. The number of carbonyl (C=O) groups excluding carboxylic acids is 8. The molecule has 0 aromatic heterocycles. The van der Waals surface area contributed by atoms with Crippen LogP contribution in [0.15, 0.2) is 60.3 Å². The van der Waals surface area contributed by atoms with Crippen molar-refractivity contribution in [2.45, 2.75) is 249 Å². The Balaban J connectivity index is 0.000000240. The molecule has 2 fully saturated rings. The highest BCUT2D eigenvalue weighted by Gasteiger charge is 2.41. The predicted octanol–water partition coefficient (Wildman–Crippen LogP) is 19.3. The zero-order valence-corrected chi connectivity index (χ0v) is 82.1. The number of cyclic esters (lactones) is 4. The van der Waals surface area contributed by atoms with Crippen LogP contribution in [0.4, 0.5) is 0 Å². The molecule has 2 saturated carbocycles. The quantitative estimate of drug-likeness (QED) is 0.00631. The highest BCUT2D eigenvalue weighted by atomic mass is 31.2. The van der Waals surface area contributed by atoms with Gasteiger partial charge in [-0.2, -0.15) is 0 Å². The molecule has 0 bridgehead atoms. The number of aliphatic hydroxyl groups is 1. The van der Waals surface area contributed by atoms with E-state index in [9.17, 15) is 48.0 Å². The number of aldehydes is 1. The van der Waals surface area contributed by atoms with Gasteiger partial charge in [0.1, 0.15) is 112 Å². The zero-order valence-electron chi connectivity index (χ0n) is 77.2. The predicted molar refractivity (Wildman–Crippen MR) is 487 cm³/mol. The number of aliphatic hydroxyl groups excluding tert-OH is 1. The van der Waals surface area contributed by atoms with Crippen LogP contribution in [0.1, 0.15) is 168 Å². The van der Waals surface area contributed by atoms with Gasteiger partial charge in [0.05, 0.1) is 74.7 Å². The lowest BCUT2D eigenvalue weighted by atomic mass is 9.94. The maximum absolute atomic E-state index is 12.5. The Labute approximate surface area is 727 Å². The molecule has 672 valence electrons. The molecule has 0 saturated heterocycles. The standard InChI is InChI=1S/C23H32O5Si.C22H32O5Si.C22H30O5Si.C17H24O5Si.C9H17O4P/c1-14-19-13-28-23(25)20(19)22(27-11-12-29(4,5)6)18(21(14)26-3)10-9-17(15(2)24)16-7-8-16;1-14-18-13-27-22(24)19(18)21(26-10-11-28(3,4)5)17(20(14)25-2)9-8-16(12-23)15-6-7-15;1-8-16(15(3)23)9-10-17-20(25-4)14(2)18-13-27-22(24)19(18)21(17)26-11-12-28(5,6)7;1-11-13-10-22-17(19)14(13)16(21-8-9-23(3,4)5)12(6-7-18)15(11)20-2;1-5-9(8(4)10)14(11,12-6-2)13-7-3/h9,16H,7-8,10-13H2,1-6H3;8,15,23H,6-7,9-13H2,1-5H3;8-9H,1,10-13H2,2-7H3;7H,6,8-10H2,1-5H3;5,9H,1,6-7H2,2-4H3/b17-9-;16-8-;16-9+;;. The van der Waals surface area contributed by atoms with Crippen molar-refractivity contribution in [2.24, 2.45) is 11.8 Å². The fraction of sp³-hybridized carbons (Fsp3) is 0.548. The molecule has 10 rings (SSSR count). The van der Waals surface area contributed by atoms with Crippen LogP contribution in [-0.2, 0) is 104 Å². The van der Waals surface area contributed by atoms with Gasteiger partial charge in [0.15, 0.2) is 11.6 Å². The van der Waals surface area contributed by atoms with E-state index >= 15 is 0 Å². The number of rotatable bonds is 41. The Morgan fingerprint density at radius 1 is 0.459 bits per heavy atom. The van der Waals surface area contributed by atoms with E-state index in [2.05, 4.69) is 97.8 Å². The first-order valence-electron chi connectivity index (χ1n) is 42.2. The molecule has 6 aliphatic rings. The average molecular weight is 1780 g/mol. The number of benzene rings is 4. The van der Waals surface area contributed by atoms with Crippen LogP contribution < -0.4 is 37.9 Å². The lowest BCUT2D eigenvalue weighted by Gasteiger charge is -2.21. The van der Waals surface area contributed by atoms with Gasteiger partial charge in [0, 0.05) is 88.8 Å². The molecule has 1 N–H and O–H groups in total. The van der Waals surface area contributed by atoms with Crippen LogP contribution in [-0.4, -0.2) is 165 Å². The first-order chi connectivity index (χ1) is 57.3. The third-order valence-corrected chi connectivity index (χ3v) is 31.0. The topological polar surface area (TPSA) is 303 Å². The van der Waals surface area contributed by atoms with E-state index in [-0.39, 0.29) is 93.9 Å². The van der Waals surface area contributed by atoms with Crippen LogP contribution in [0.5, 0.6) is 46.0 Å². The Hall–Kier alpha value is -8.48. The van der Waals surface area contributed by atoms with E-state index in [1.165, 1.54) is 26.0 Å². The molecule has 0 radical (unpaired) electrons. The van der Waals surface area contributed by atoms with E-state index in [4.69, 9.17) is 65.9 Å². The van der Waals surface area contributed by atoms with Crippen molar-refractivity contribution in [3.05, 3.63) is 149 Å². The largest absolute Gasteiger partial charge is 0.496 e. The summed E-state index contributed by atoms with van der Waals surface area (Å²) in [4.78, 5) is 95.6. The van der Waals surface area contributed by atoms with Gasteiger partial charge in [-0.25, -0.2) is 19.2 Å². The van der Waals surface area contributed by atoms with E-state index < -0.39 is 45.6 Å². The summed E-state index contributed by atoms with van der Waals surface area (Å²) >= 11 is 0. The van der Waals surface area contributed by atoms with Gasteiger partial charge >= 0.3 is 31.5 Å². The van der Waals surface area contributed by atoms with Crippen LogP contribution in [0.25, 0.3) is 0 Å². The molecule has 4 aromatic rings. The smallest absolute Gasteiger partial charge is 0.344 e. The highest BCUT2D eigenvalue weighted by molar-refractivity contribution is 7.56. The average Bonchev–Trinajstić information content (AvgIpc) is 1.54. The minimum Gasteiger partial charge on any atom is -0.496 e. The Kier molecular flexibility index (Phi) is 38.1. The van der Waals surface area contributed by atoms with Gasteiger partial charge in [-0.1, -0.05) is 116 Å². The summed E-state index contributed by atoms with van der Waals surface area (Å²) in [5, 5.41) is 9.69. The third-order valence-electron chi connectivity index (χ3n) is 21.7. The summed E-state index contributed by atoms with van der Waals surface area (Å²) in [6.45, 7) is 53.8. The number of carbonyl (C=O) groups is 8. The lowest BCUT2D eigenvalue weighted by molar-refractivity contribution is -0.116. The molecule has 0 amide bonds.